The minimum atomic E-state index is 0.0240. The summed E-state index contributed by atoms with van der Waals surface area (Å²) in [6, 6.07) is 11.8. The Morgan fingerprint density at radius 1 is 1.23 bits per heavy atom. The maximum absolute atomic E-state index is 11.9. The molecule has 0 bridgehead atoms. The van der Waals surface area contributed by atoms with Crippen molar-refractivity contribution >= 4 is 16.9 Å². The zero-order valence-corrected chi connectivity index (χ0v) is 12.5. The maximum atomic E-state index is 11.9. The minimum absolute atomic E-state index is 0.0240. The van der Waals surface area contributed by atoms with Gasteiger partial charge in [0, 0.05) is 25.9 Å². The van der Waals surface area contributed by atoms with E-state index in [9.17, 15) is 4.79 Å². The highest BCUT2D eigenvalue weighted by Gasteiger charge is 2.08. The summed E-state index contributed by atoms with van der Waals surface area (Å²) < 4.78 is 2.01. The molecule has 0 spiro atoms. The van der Waals surface area contributed by atoms with Crippen LogP contribution in [-0.2, 0) is 24.8 Å². The van der Waals surface area contributed by atoms with Crippen molar-refractivity contribution in [2.45, 2.75) is 19.4 Å². The van der Waals surface area contributed by atoms with Crippen LogP contribution in [0.4, 0.5) is 0 Å². The molecular formula is C17H18N4O. The smallest absolute Gasteiger partial charge is 0.220 e. The number of benzene rings is 1. The molecule has 5 nitrogen and oxygen atoms in total. The number of carbonyl (C=O) groups excluding carboxylic acids is 1. The number of amides is 1. The Kier molecular flexibility index (Phi) is 4.14. The van der Waals surface area contributed by atoms with E-state index < -0.39 is 0 Å². The summed E-state index contributed by atoms with van der Waals surface area (Å²) >= 11 is 0. The van der Waals surface area contributed by atoms with Gasteiger partial charge in [0.05, 0.1) is 17.6 Å². The molecule has 0 saturated carbocycles. The Labute approximate surface area is 129 Å². The number of nitrogens with one attached hydrogen (secondary N) is 1. The fraction of sp³-hybridized carbons (Fsp3) is 0.235. The highest BCUT2D eigenvalue weighted by Crippen LogP contribution is 2.13. The molecule has 3 aromatic rings. The van der Waals surface area contributed by atoms with Crippen LogP contribution in [0.2, 0.25) is 0 Å². The van der Waals surface area contributed by atoms with Crippen molar-refractivity contribution in [1.29, 1.82) is 0 Å². The quantitative estimate of drug-likeness (QED) is 0.785. The highest BCUT2D eigenvalue weighted by molar-refractivity contribution is 5.77. The molecule has 0 atom stereocenters. The van der Waals surface area contributed by atoms with Crippen LogP contribution in [0.15, 0.2) is 48.8 Å². The van der Waals surface area contributed by atoms with Crippen LogP contribution >= 0.6 is 0 Å². The summed E-state index contributed by atoms with van der Waals surface area (Å²) in [5.74, 6) is 0.881. The molecule has 0 aliphatic rings. The van der Waals surface area contributed by atoms with Crippen molar-refractivity contribution in [3.63, 3.8) is 0 Å². The molecule has 0 saturated heterocycles. The van der Waals surface area contributed by atoms with Crippen LogP contribution in [0.25, 0.3) is 11.0 Å². The van der Waals surface area contributed by atoms with Crippen molar-refractivity contribution in [3.8, 4) is 0 Å². The van der Waals surface area contributed by atoms with Gasteiger partial charge in [0.1, 0.15) is 5.82 Å². The molecule has 0 unspecified atom stereocenters. The number of hydrogen-bond donors (Lipinski definition) is 1. The van der Waals surface area contributed by atoms with Gasteiger partial charge in [0.25, 0.3) is 0 Å². The molecule has 2 aromatic heterocycles. The third kappa shape index (κ3) is 3.14. The molecule has 22 heavy (non-hydrogen) atoms. The van der Waals surface area contributed by atoms with Crippen LogP contribution in [0.3, 0.4) is 0 Å². The van der Waals surface area contributed by atoms with Gasteiger partial charge in [0.15, 0.2) is 0 Å². The van der Waals surface area contributed by atoms with E-state index in [-0.39, 0.29) is 5.91 Å². The molecule has 0 aliphatic carbocycles. The Hall–Kier alpha value is -2.69. The number of carbonyl (C=O) groups is 1. The number of hydrogen-bond acceptors (Lipinski definition) is 3. The van der Waals surface area contributed by atoms with Crippen LogP contribution in [0, 0.1) is 0 Å². The highest BCUT2D eigenvalue weighted by atomic mass is 16.1. The lowest BCUT2D eigenvalue weighted by molar-refractivity contribution is -0.121. The largest absolute Gasteiger partial charge is 0.349 e. The molecule has 1 N–H and O–H groups in total. The second kappa shape index (κ2) is 6.39. The zero-order chi connectivity index (χ0) is 15.4. The second-order valence-electron chi connectivity index (χ2n) is 5.21. The number of nitrogens with zero attached hydrogens (tertiary/aromatic N) is 3. The Balaban J connectivity index is 1.57. The normalized spacial score (nSPS) is 10.8. The van der Waals surface area contributed by atoms with Gasteiger partial charge < -0.3 is 9.88 Å². The van der Waals surface area contributed by atoms with Gasteiger partial charge in [-0.25, -0.2) is 4.98 Å². The number of pyridine rings is 1. The van der Waals surface area contributed by atoms with Gasteiger partial charge in [-0.3, -0.25) is 9.78 Å². The predicted molar refractivity (Wildman–Crippen MR) is 85.1 cm³/mol. The topological polar surface area (TPSA) is 59.8 Å². The zero-order valence-electron chi connectivity index (χ0n) is 12.5. The summed E-state index contributed by atoms with van der Waals surface area (Å²) in [5.41, 5.74) is 3.09. The average Bonchev–Trinajstić information content (AvgIpc) is 2.88. The molecule has 0 fully saturated rings. The van der Waals surface area contributed by atoms with Gasteiger partial charge in [-0.15, -0.1) is 0 Å². The van der Waals surface area contributed by atoms with Gasteiger partial charge in [0.2, 0.25) is 5.91 Å². The predicted octanol–water partition coefficient (Wildman–Crippen LogP) is 2.22. The monoisotopic (exact) mass is 294 g/mol. The summed E-state index contributed by atoms with van der Waals surface area (Å²) in [4.78, 5) is 20.5. The first kappa shape index (κ1) is 14.3. The van der Waals surface area contributed by atoms with Crippen molar-refractivity contribution < 1.29 is 4.79 Å². The van der Waals surface area contributed by atoms with Crippen LogP contribution in [0.5, 0.6) is 0 Å². The molecule has 1 amide bonds. The molecule has 112 valence electrons. The van der Waals surface area contributed by atoms with Crippen molar-refractivity contribution in [1.82, 2.24) is 19.9 Å². The lowest BCUT2D eigenvalue weighted by Crippen LogP contribution is -2.24. The first-order valence-electron chi connectivity index (χ1n) is 7.30. The van der Waals surface area contributed by atoms with E-state index in [0.29, 0.717) is 19.4 Å². The van der Waals surface area contributed by atoms with Gasteiger partial charge in [-0.2, -0.15) is 0 Å². The molecule has 0 aliphatic heterocycles. The molecule has 0 radical (unpaired) electrons. The molecule has 2 heterocycles. The lowest BCUT2D eigenvalue weighted by Gasteiger charge is -2.05. The van der Waals surface area contributed by atoms with E-state index in [1.54, 1.807) is 12.4 Å². The third-order valence-electron chi connectivity index (χ3n) is 3.69. The van der Waals surface area contributed by atoms with Crippen LogP contribution in [0.1, 0.15) is 17.8 Å². The molecule has 5 heteroatoms. The van der Waals surface area contributed by atoms with Crippen molar-refractivity contribution in [3.05, 3.63) is 60.2 Å². The van der Waals surface area contributed by atoms with E-state index in [4.69, 9.17) is 0 Å². The Bertz CT molecular complexity index is 780. The van der Waals surface area contributed by atoms with E-state index >= 15 is 0 Å². The first-order chi connectivity index (χ1) is 10.7. The summed E-state index contributed by atoms with van der Waals surface area (Å²) in [6.45, 7) is 0.442. The Morgan fingerprint density at radius 2 is 2.09 bits per heavy atom. The minimum Gasteiger partial charge on any atom is -0.349 e. The van der Waals surface area contributed by atoms with Crippen molar-refractivity contribution in [2.24, 2.45) is 7.05 Å². The maximum Gasteiger partial charge on any atom is 0.220 e. The van der Waals surface area contributed by atoms with E-state index in [1.807, 2.05) is 48.0 Å². The first-order valence-corrected chi connectivity index (χ1v) is 7.30. The second-order valence-corrected chi connectivity index (χ2v) is 5.21. The summed E-state index contributed by atoms with van der Waals surface area (Å²) in [6.07, 6.45) is 4.67. The van der Waals surface area contributed by atoms with Crippen LogP contribution in [-0.4, -0.2) is 20.4 Å². The van der Waals surface area contributed by atoms with E-state index in [1.165, 1.54) is 0 Å². The Morgan fingerprint density at radius 3 is 2.86 bits per heavy atom. The number of fused-ring (bicyclic) bond motifs is 1. The number of para-hydroxylation sites is 2. The third-order valence-corrected chi connectivity index (χ3v) is 3.69. The lowest BCUT2D eigenvalue weighted by atomic mass is 10.1. The fourth-order valence-electron chi connectivity index (χ4n) is 2.42. The van der Waals surface area contributed by atoms with Gasteiger partial charge >= 0.3 is 0 Å². The van der Waals surface area contributed by atoms with Gasteiger partial charge in [-0.05, 0) is 30.2 Å². The molecular weight excluding hydrogens is 276 g/mol. The number of aromatic nitrogens is 3. The van der Waals surface area contributed by atoms with Crippen molar-refractivity contribution in [2.75, 3.05) is 0 Å². The summed E-state index contributed by atoms with van der Waals surface area (Å²) in [5, 5.41) is 2.93. The summed E-state index contributed by atoms with van der Waals surface area (Å²) in [7, 11) is 1.96. The number of imidazole rings is 1. The van der Waals surface area contributed by atoms with Crippen LogP contribution < -0.4 is 5.32 Å². The average molecular weight is 294 g/mol. The molecule has 3 rings (SSSR count). The number of rotatable bonds is 5. The number of aryl methyl sites for hydroxylation is 2. The van der Waals surface area contributed by atoms with E-state index in [0.717, 1.165) is 22.4 Å². The van der Waals surface area contributed by atoms with E-state index in [2.05, 4.69) is 15.3 Å². The van der Waals surface area contributed by atoms with Gasteiger partial charge in [-0.1, -0.05) is 18.2 Å². The fourth-order valence-corrected chi connectivity index (χ4v) is 2.42. The standard InChI is InChI=1S/C17H18N4O/c1-21-15-7-3-2-6-14(15)20-16(21)12-19-17(22)9-8-13-5-4-10-18-11-13/h2-7,10-11H,8-9,12H2,1H3,(H,19,22). The SMILES string of the molecule is Cn1c(CNC(=O)CCc2cccnc2)nc2ccccc21. The molecule has 1 aromatic carbocycles.